The van der Waals surface area contributed by atoms with E-state index in [0.717, 1.165) is 9.79 Å². The third-order valence-electron chi connectivity index (χ3n) is 2.37. The number of rotatable bonds is 2. The lowest BCUT2D eigenvalue weighted by molar-refractivity contribution is 0.681. The van der Waals surface area contributed by atoms with Crippen molar-refractivity contribution < 1.29 is 4.21 Å². The molecular weight excluding hydrogens is 364 g/mol. The summed E-state index contributed by atoms with van der Waals surface area (Å²) >= 11 is 6.66. The summed E-state index contributed by atoms with van der Waals surface area (Å²) in [6.45, 7) is 0. The average molecular weight is 374 g/mol. The highest BCUT2D eigenvalue weighted by Gasteiger charge is 2.17. The first-order valence-electron chi connectivity index (χ1n) is 4.98. The van der Waals surface area contributed by atoms with Crippen LogP contribution in [0.3, 0.4) is 0 Å². The molecule has 0 amide bonds. The zero-order valence-corrected chi connectivity index (χ0v) is 12.8. The lowest BCUT2D eigenvalue weighted by Gasteiger charge is -2.12. The lowest BCUT2D eigenvalue weighted by atomic mass is 10.4. The first kappa shape index (κ1) is 12.9. The minimum absolute atomic E-state index is 0.565. The monoisotopic (exact) mass is 372 g/mol. The Hall–Kier alpha value is -0.580. The molecule has 0 heterocycles. The van der Waals surface area contributed by atoms with Gasteiger partial charge in [-0.15, -0.1) is 0 Å². The first-order valence-corrected chi connectivity index (χ1v) is 8.12. The molecule has 1 nitrogen and oxygen atoms in total. The van der Waals surface area contributed by atoms with Gasteiger partial charge >= 0.3 is 0 Å². The summed E-state index contributed by atoms with van der Waals surface area (Å²) in [5.41, 5.74) is 0. The van der Waals surface area contributed by atoms with Crippen LogP contribution in [0.2, 0.25) is 0 Å². The van der Waals surface area contributed by atoms with Crippen LogP contribution in [0.5, 0.6) is 0 Å². The van der Waals surface area contributed by atoms with E-state index in [1.807, 2.05) is 60.7 Å². The Morgan fingerprint density at radius 2 is 1.12 bits per heavy atom. The van der Waals surface area contributed by atoms with Crippen LogP contribution in [0.15, 0.2) is 70.5 Å². The predicted octanol–water partition coefficient (Wildman–Crippen LogP) is 4.27. The second-order valence-electron chi connectivity index (χ2n) is 3.41. The van der Waals surface area contributed by atoms with Crippen LogP contribution >= 0.6 is 31.9 Å². The molecule has 2 rings (SSSR count). The molecule has 17 heavy (non-hydrogen) atoms. The second kappa shape index (κ2) is 5.38. The Morgan fingerprint density at radius 3 is 1.41 bits per heavy atom. The molecule has 2 aromatic carbocycles. The van der Waals surface area contributed by atoms with Crippen LogP contribution in [0.4, 0.5) is 0 Å². The van der Waals surface area contributed by atoms with E-state index in [1.54, 1.807) is 0 Å². The molecule has 0 N–H and O–H groups in total. The van der Waals surface area contributed by atoms with E-state index in [2.05, 4.69) is 31.9 Å². The van der Waals surface area contributed by atoms with E-state index >= 15 is 0 Å². The topological polar surface area (TPSA) is 17.1 Å². The summed E-state index contributed by atoms with van der Waals surface area (Å²) in [7, 11) is -2.41. The second-order valence-corrected chi connectivity index (χ2v) is 9.57. The Bertz CT molecular complexity index is 565. The van der Waals surface area contributed by atoms with E-state index in [9.17, 15) is 4.21 Å². The summed E-state index contributed by atoms with van der Waals surface area (Å²) in [5.74, 6) is 0. The molecule has 0 spiro atoms. The molecule has 0 saturated carbocycles. The van der Waals surface area contributed by atoms with Crippen LogP contribution < -0.4 is 0 Å². The van der Waals surface area contributed by atoms with Gasteiger partial charge in [0, 0.05) is 9.79 Å². The minimum Gasteiger partial charge on any atom is -0.256 e. The highest BCUT2D eigenvalue weighted by molar-refractivity contribution is 9.42. The van der Waals surface area contributed by atoms with E-state index in [4.69, 9.17) is 0 Å². The van der Waals surface area contributed by atoms with E-state index < -0.39 is 9.52 Å². The molecule has 0 radical (unpaired) electrons. The molecule has 0 aromatic heterocycles. The Balaban J connectivity index is 2.75. The quantitative estimate of drug-likeness (QED) is 0.567. The molecule has 0 aliphatic heterocycles. The van der Waals surface area contributed by atoms with Gasteiger partial charge in [0.25, 0.3) is 0 Å². The normalized spacial score (nSPS) is 11.2. The molecule has 0 fully saturated rings. The van der Waals surface area contributed by atoms with E-state index in [0.29, 0.717) is 2.68 Å². The third kappa shape index (κ3) is 2.49. The Kier molecular flexibility index (Phi) is 4.07. The van der Waals surface area contributed by atoms with E-state index in [-0.39, 0.29) is 0 Å². The van der Waals surface area contributed by atoms with Crippen LogP contribution in [0, 0.1) is 0 Å². The molecule has 0 unspecified atom stereocenters. The molecule has 0 bridgehead atoms. The van der Waals surface area contributed by atoms with Crippen molar-refractivity contribution in [3.8, 4) is 0 Å². The number of benzene rings is 2. The average Bonchev–Trinajstić information content (AvgIpc) is 2.39. The van der Waals surface area contributed by atoms with Crippen molar-refractivity contribution in [3.05, 3.63) is 60.7 Å². The van der Waals surface area contributed by atoms with Crippen molar-refractivity contribution in [1.29, 1.82) is 0 Å². The van der Waals surface area contributed by atoms with Gasteiger partial charge in [0.05, 0.1) is 9.52 Å². The zero-order chi connectivity index (χ0) is 12.3. The summed E-state index contributed by atoms with van der Waals surface area (Å²) in [6, 6.07) is 18.9. The zero-order valence-electron chi connectivity index (χ0n) is 8.85. The fourth-order valence-electron chi connectivity index (χ4n) is 1.54. The highest BCUT2D eigenvalue weighted by atomic mass is 79.9. The Labute approximate surface area is 118 Å². The van der Waals surface area contributed by atoms with Crippen LogP contribution in [-0.4, -0.2) is 6.89 Å². The fraction of sp³-hybridized carbons (Fsp3) is 0. The lowest BCUT2D eigenvalue weighted by Crippen LogP contribution is -2.06. The summed E-state index contributed by atoms with van der Waals surface area (Å²) in [5, 5.41) is 0. The summed E-state index contributed by atoms with van der Waals surface area (Å²) in [4.78, 5) is 1.57. The molecule has 0 atom stereocenters. The molecule has 0 aliphatic rings. The van der Waals surface area contributed by atoms with Gasteiger partial charge in [-0.3, -0.25) is 4.21 Å². The number of hydrogen-bond donors (Lipinski definition) is 0. The van der Waals surface area contributed by atoms with Crippen LogP contribution in [-0.2, 0) is 9.52 Å². The van der Waals surface area contributed by atoms with Crippen molar-refractivity contribution in [2.24, 2.45) is 0 Å². The smallest absolute Gasteiger partial charge is 0.122 e. The van der Waals surface area contributed by atoms with Gasteiger partial charge in [-0.2, -0.15) is 0 Å². The van der Waals surface area contributed by atoms with Crippen molar-refractivity contribution in [1.82, 2.24) is 0 Å². The van der Waals surface area contributed by atoms with E-state index in [1.165, 1.54) is 0 Å². The number of halogens is 2. The molecule has 4 heteroatoms. The molecule has 2 aromatic rings. The van der Waals surface area contributed by atoms with Crippen molar-refractivity contribution >= 4 is 44.1 Å². The fourth-order valence-corrected chi connectivity index (χ4v) is 5.49. The maximum atomic E-state index is 13.2. The molecule has 88 valence electrons. The van der Waals surface area contributed by atoms with Crippen molar-refractivity contribution in [2.45, 2.75) is 9.79 Å². The van der Waals surface area contributed by atoms with Gasteiger partial charge in [0.15, 0.2) is 0 Å². The van der Waals surface area contributed by atoms with Gasteiger partial charge < -0.3 is 0 Å². The third-order valence-corrected chi connectivity index (χ3v) is 7.41. The van der Waals surface area contributed by atoms with Crippen molar-refractivity contribution in [2.75, 3.05) is 0 Å². The summed E-state index contributed by atoms with van der Waals surface area (Å²) < 4.78 is 13.7. The summed E-state index contributed by atoms with van der Waals surface area (Å²) in [6.07, 6.45) is 0. The van der Waals surface area contributed by atoms with Crippen LogP contribution in [0.1, 0.15) is 0 Å². The largest absolute Gasteiger partial charge is 0.256 e. The molecule has 0 aliphatic carbocycles. The van der Waals surface area contributed by atoms with Crippen molar-refractivity contribution in [3.63, 3.8) is 0 Å². The maximum Gasteiger partial charge on any atom is 0.122 e. The molecule has 0 saturated heterocycles. The van der Waals surface area contributed by atoms with Gasteiger partial charge in [-0.25, -0.2) is 0 Å². The Morgan fingerprint density at radius 1 is 0.765 bits per heavy atom. The first-order chi connectivity index (χ1) is 8.15. The SMILES string of the molecule is O=S(=C(Br)Br)(c1ccccc1)c1ccccc1. The maximum absolute atomic E-state index is 13.2. The van der Waals surface area contributed by atoms with Gasteiger partial charge in [-0.05, 0) is 56.1 Å². The van der Waals surface area contributed by atoms with Gasteiger partial charge in [-0.1, -0.05) is 36.4 Å². The number of hydrogen-bond acceptors (Lipinski definition) is 1. The highest BCUT2D eigenvalue weighted by Crippen LogP contribution is 2.26. The molecular formula is C13H10Br2OS. The van der Waals surface area contributed by atoms with Gasteiger partial charge in [0.1, 0.15) is 2.68 Å². The van der Waals surface area contributed by atoms with Gasteiger partial charge in [0.2, 0.25) is 0 Å². The minimum atomic E-state index is -2.41. The predicted molar refractivity (Wildman–Crippen MR) is 80.4 cm³/mol. The standard InChI is InChI=1S/C13H10Br2OS/c14-13(15)17(16,11-7-3-1-4-8-11)12-9-5-2-6-10-12/h1-10H. The van der Waals surface area contributed by atoms with Crippen LogP contribution in [0.25, 0.3) is 0 Å².